The van der Waals surface area contributed by atoms with Crippen LogP contribution in [0.2, 0.25) is 0 Å². The largest absolute Gasteiger partial charge is 0.467 e. The first-order valence-corrected chi connectivity index (χ1v) is 8.52. The van der Waals surface area contributed by atoms with Crippen molar-refractivity contribution < 1.29 is 18.8 Å². The highest BCUT2D eigenvalue weighted by Crippen LogP contribution is 2.31. The highest BCUT2D eigenvalue weighted by atomic mass is 16.3. The summed E-state index contributed by atoms with van der Waals surface area (Å²) in [7, 11) is 1.49. The monoisotopic (exact) mass is 348 g/mol. The molecule has 4 amide bonds. The van der Waals surface area contributed by atoms with E-state index in [0.717, 1.165) is 24.3 Å². The molecule has 2 N–H and O–H groups in total. The second-order valence-electron chi connectivity index (χ2n) is 6.93. The third kappa shape index (κ3) is 3.53. The van der Waals surface area contributed by atoms with Gasteiger partial charge in [0.1, 0.15) is 11.3 Å². The Morgan fingerprint density at radius 2 is 2.28 bits per heavy atom. The van der Waals surface area contributed by atoms with E-state index in [-0.39, 0.29) is 30.3 Å². The van der Waals surface area contributed by atoms with Crippen LogP contribution in [0.4, 0.5) is 4.79 Å². The van der Waals surface area contributed by atoms with E-state index in [2.05, 4.69) is 10.6 Å². The summed E-state index contributed by atoms with van der Waals surface area (Å²) < 4.78 is 5.19. The number of hydrogen-bond donors (Lipinski definition) is 2. The van der Waals surface area contributed by atoms with Crippen molar-refractivity contribution >= 4 is 17.8 Å². The molecule has 0 unspecified atom stereocenters. The zero-order valence-corrected chi connectivity index (χ0v) is 14.6. The van der Waals surface area contributed by atoms with Crippen molar-refractivity contribution in [2.75, 3.05) is 26.7 Å². The molecule has 2 aliphatic rings. The number of carbonyl (C=O) groups is 3. The molecule has 0 aliphatic carbocycles. The van der Waals surface area contributed by atoms with E-state index >= 15 is 0 Å². The molecule has 136 valence electrons. The van der Waals surface area contributed by atoms with Crippen LogP contribution in [0.25, 0.3) is 0 Å². The van der Waals surface area contributed by atoms with Crippen LogP contribution in [0.15, 0.2) is 22.8 Å². The molecule has 0 radical (unpaired) electrons. The van der Waals surface area contributed by atoms with Gasteiger partial charge in [-0.05, 0) is 38.4 Å². The van der Waals surface area contributed by atoms with E-state index in [1.165, 1.54) is 7.05 Å². The highest BCUT2D eigenvalue weighted by molar-refractivity contribution is 6.06. The second kappa shape index (κ2) is 6.87. The van der Waals surface area contributed by atoms with Crippen molar-refractivity contribution in [2.45, 2.75) is 31.8 Å². The van der Waals surface area contributed by atoms with Gasteiger partial charge in [-0.15, -0.1) is 0 Å². The van der Waals surface area contributed by atoms with Crippen LogP contribution >= 0.6 is 0 Å². The maximum absolute atomic E-state index is 12.4. The van der Waals surface area contributed by atoms with Gasteiger partial charge in [0.15, 0.2) is 0 Å². The number of likely N-dealkylation sites (tertiary alicyclic amines) is 1. The van der Waals surface area contributed by atoms with Gasteiger partial charge in [-0.2, -0.15) is 0 Å². The molecule has 25 heavy (non-hydrogen) atoms. The van der Waals surface area contributed by atoms with Gasteiger partial charge in [0.2, 0.25) is 5.91 Å². The summed E-state index contributed by atoms with van der Waals surface area (Å²) in [6, 6.07) is 3.23. The summed E-state index contributed by atoms with van der Waals surface area (Å²) in [4.78, 5) is 39.6. The van der Waals surface area contributed by atoms with Crippen molar-refractivity contribution in [3.8, 4) is 0 Å². The van der Waals surface area contributed by atoms with Crippen LogP contribution in [0.3, 0.4) is 0 Å². The van der Waals surface area contributed by atoms with Crippen molar-refractivity contribution in [1.82, 2.24) is 20.4 Å². The number of amides is 4. The maximum Gasteiger partial charge on any atom is 0.324 e. The van der Waals surface area contributed by atoms with Crippen LogP contribution in [0.5, 0.6) is 0 Å². The maximum atomic E-state index is 12.4. The van der Waals surface area contributed by atoms with Crippen molar-refractivity contribution in [3.63, 3.8) is 0 Å². The van der Waals surface area contributed by atoms with Gasteiger partial charge in [0.25, 0.3) is 5.91 Å². The van der Waals surface area contributed by atoms with Gasteiger partial charge in [0, 0.05) is 19.5 Å². The number of furan rings is 1. The van der Waals surface area contributed by atoms with Gasteiger partial charge in [-0.25, -0.2) is 4.79 Å². The highest BCUT2D eigenvalue weighted by Gasteiger charge is 2.51. The minimum Gasteiger partial charge on any atom is -0.467 e. The van der Waals surface area contributed by atoms with Crippen molar-refractivity contribution in [1.29, 1.82) is 0 Å². The number of carbonyl (C=O) groups excluding carboxylic acids is 3. The van der Waals surface area contributed by atoms with Crippen LogP contribution in [-0.2, 0) is 16.1 Å². The Balaban J connectivity index is 1.55. The number of likely N-dealkylation sites (N-methyl/N-ethyl adjacent to an activating group) is 1. The number of nitrogens with zero attached hydrogens (tertiary/aromatic N) is 2. The lowest BCUT2D eigenvalue weighted by atomic mass is 9.80. The first-order chi connectivity index (χ1) is 11.9. The molecule has 0 spiro atoms. The van der Waals surface area contributed by atoms with Gasteiger partial charge >= 0.3 is 6.03 Å². The first-order valence-electron chi connectivity index (χ1n) is 8.52. The molecule has 2 aliphatic heterocycles. The Morgan fingerprint density at radius 3 is 2.92 bits per heavy atom. The number of hydrogen-bond acceptors (Lipinski definition) is 5. The third-order valence-electron chi connectivity index (χ3n) is 5.15. The van der Waals surface area contributed by atoms with Crippen molar-refractivity contribution in [2.24, 2.45) is 5.92 Å². The second-order valence-corrected chi connectivity index (χ2v) is 6.93. The lowest BCUT2D eigenvalue weighted by Gasteiger charge is -2.39. The normalized spacial score (nSPS) is 27.4. The van der Waals surface area contributed by atoms with E-state index in [4.69, 9.17) is 4.42 Å². The Labute approximate surface area is 146 Å². The van der Waals surface area contributed by atoms with Gasteiger partial charge in [0.05, 0.1) is 19.4 Å². The summed E-state index contributed by atoms with van der Waals surface area (Å²) >= 11 is 0. The van der Waals surface area contributed by atoms with E-state index in [1.54, 1.807) is 19.3 Å². The molecular weight excluding hydrogens is 324 g/mol. The fraction of sp³-hybridized carbons (Fsp3) is 0.588. The third-order valence-corrected chi connectivity index (χ3v) is 5.15. The van der Waals surface area contributed by atoms with Gasteiger partial charge in [-0.3, -0.25) is 19.4 Å². The Kier molecular flexibility index (Phi) is 4.80. The zero-order chi connectivity index (χ0) is 18.0. The standard InChI is InChI=1S/C17H24N4O4/c1-17(15(23)20(2)16(24)19-17)12-5-3-7-21(10-12)11-14(22)18-9-13-6-4-8-25-13/h4,6,8,12H,3,5,7,9-11H2,1-2H3,(H,18,22)(H,19,24)/t12-,17+/m0/s1. The Hall–Kier alpha value is -2.35. The molecule has 2 fully saturated rings. The molecule has 0 bridgehead atoms. The van der Waals surface area contributed by atoms with Crippen LogP contribution < -0.4 is 10.6 Å². The molecule has 3 rings (SSSR count). The first kappa shape index (κ1) is 17.5. The smallest absolute Gasteiger partial charge is 0.324 e. The van der Waals surface area contributed by atoms with E-state index in [0.29, 0.717) is 18.8 Å². The minimum atomic E-state index is -0.894. The van der Waals surface area contributed by atoms with Crippen LogP contribution in [0.1, 0.15) is 25.5 Å². The average molecular weight is 348 g/mol. The van der Waals surface area contributed by atoms with Crippen molar-refractivity contribution in [3.05, 3.63) is 24.2 Å². The zero-order valence-electron chi connectivity index (χ0n) is 14.6. The number of rotatable bonds is 5. The summed E-state index contributed by atoms with van der Waals surface area (Å²) in [5.74, 6) is 0.410. The van der Waals surface area contributed by atoms with Gasteiger partial charge in [-0.1, -0.05) is 0 Å². The predicted octanol–water partition coefficient (Wildman–Crippen LogP) is 0.548. The Morgan fingerprint density at radius 1 is 1.48 bits per heavy atom. The minimum absolute atomic E-state index is 0.0134. The molecule has 3 heterocycles. The number of nitrogens with one attached hydrogen (secondary N) is 2. The van der Waals surface area contributed by atoms with E-state index < -0.39 is 5.54 Å². The molecule has 2 saturated heterocycles. The molecule has 2 atom stereocenters. The summed E-state index contributed by atoms with van der Waals surface area (Å²) in [5.41, 5.74) is -0.894. The molecule has 1 aromatic heterocycles. The SMILES string of the molecule is CN1C(=O)N[C@](C)([C@H]2CCCN(CC(=O)NCc3ccco3)C2)C1=O. The number of piperidine rings is 1. The molecule has 0 aromatic carbocycles. The van der Waals surface area contributed by atoms with Gasteiger partial charge < -0.3 is 15.1 Å². The van der Waals surface area contributed by atoms with Crippen LogP contribution in [-0.4, -0.2) is 59.9 Å². The summed E-state index contributed by atoms with van der Waals surface area (Å²) in [6.45, 7) is 3.82. The number of imide groups is 1. The van der Waals surface area contributed by atoms with E-state index in [1.807, 2.05) is 11.0 Å². The predicted molar refractivity (Wildman–Crippen MR) is 89.4 cm³/mol. The molecule has 0 saturated carbocycles. The quantitative estimate of drug-likeness (QED) is 0.758. The summed E-state index contributed by atoms with van der Waals surface area (Å²) in [5, 5.41) is 5.64. The fourth-order valence-corrected chi connectivity index (χ4v) is 3.61. The molecule has 8 heteroatoms. The fourth-order valence-electron chi connectivity index (χ4n) is 3.61. The average Bonchev–Trinajstić information content (AvgIpc) is 3.18. The topological polar surface area (TPSA) is 94.9 Å². The Bertz CT molecular complexity index is 660. The summed E-state index contributed by atoms with van der Waals surface area (Å²) in [6.07, 6.45) is 3.31. The number of urea groups is 1. The molecule has 1 aromatic rings. The molecular formula is C17H24N4O4. The van der Waals surface area contributed by atoms with E-state index in [9.17, 15) is 14.4 Å². The molecule has 8 nitrogen and oxygen atoms in total. The lowest BCUT2D eigenvalue weighted by Crippen LogP contribution is -2.56. The van der Waals surface area contributed by atoms with Crippen LogP contribution in [0, 0.1) is 5.92 Å². The lowest BCUT2D eigenvalue weighted by molar-refractivity contribution is -0.132.